The molecule has 1 rings (SSSR count). The number of anilines is 1. The lowest BCUT2D eigenvalue weighted by atomic mass is 10.2. The van der Waals surface area contributed by atoms with Gasteiger partial charge in [0.2, 0.25) is 0 Å². The third kappa shape index (κ3) is 3.43. The molecular weight excluding hydrogens is 292 g/mol. The average molecular weight is 303 g/mol. The molecule has 0 bridgehead atoms. The van der Waals surface area contributed by atoms with Crippen molar-refractivity contribution in [2.45, 2.75) is 6.04 Å². The molecule has 0 unspecified atom stereocenters. The van der Waals surface area contributed by atoms with Crippen molar-refractivity contribution in [1.29, 1.82) is 0 Å². The van der Waals surface area contributed by atoms with Gasteiger partial charge < -0.3 is 21.3 Å². The number of aliphatic hydroxyl groups excluding tert-OH is 1. The Kier molecular flexibility index (Phi) is 4.47. The van der Waals surface area contributed by atoms with E-state index in [1.54, 1.807) is 0 Å². The summed E-state index contributed by atoms with van der Waals surface area (Å²) in [6, 6.07) is 3.14. The highest BCUT2D eigenvalue weighted by Gasteiger charge is 2.19. The van der Waals surface area contributed by atoms with E-state index in [1.807, 2.05) is 0 Å². The van der Waals surface area contributed by atoms with E-state index in [-0.39, 0.29) is 5.56 Å². The summed E-state index contributed by atoms with van der Waals surface area (Å²) in [6.45, 7) is -0.669. The third-order valence-electron chi connectivity index (χ3n) is 2.05. The first-order chi connectivity index (χ1) is 7.95. The van der Waals surface area contributed by atoms with Gasteiger partial charge in [0.1, 0.15) is 0 Å². The van der Waals surface area contributed by atoms with Crippen molar-refractivity contribution in [1.82, 2.24) is 5.32 Å². The number of nitrogens with two attached hydrogens (primary N) is 1. The molecule has 7 heteroatoms. The molecule has 1 amide bonds. The number of aliphatic hydroxyl groups is 1. The van der Waals surface area contributed by atoms with Crippen molar-refractivity contribution < 1.29 is 19.8 Å². The van der Waals surface area contributed by atoms with Gasteiger partial charge in [-0.1, -0.05) is 0 Å². The van der Waals surface area contributed by atoms with Crippen LogP contribution in [0.2, 0.25) is 0 Å². The van der Waals surface area contributed by atoms with Gasteiger partial charge in [-0.3, -0.25) is 4.79 Å². The molecular formula is C10H11BrN2O4. The van der Waals surface area contributed by atoms with E-state index >= 15 is 0 Å². The average Bonchev–Trinajstić information content (AvgIpc) is 2.28. The summed E-state index contributed by atoms with van der Waals surface area (Å²) in [5, 5.41) is 19.6. The lowest BCUT2D eigenvalue weighted by Crippen LogP contribution is -2.43. The maximum Gasteiger partial charge on any atom is 0.328 e. The maximum atomic E-state index is 11.6. The van der Waals surface area contributed by atoms with E-state index in [2.05, 4.69) is 21.2 Å². The number of carbonyl (C=O) groups is 2. The molecule has 17 heavy (non-hydrogen) atoms. The van der Waals surface area contributed by atoms with Gasteiger partial charge in [-0.05, 0) is 34.1 Å². The topological polar surface area (TPSA) is 113 Å². The van der Waals surface area contributed by atoms with Gasteiger partial charge in [0.05, 0.1) is 6.61 Å². The Bertz CT molecular complexity index is 450. The zero-order valence-electron chi connectivity index (χ0n) is 8.68. The molecule has 0 fully saturated rings. The fourth-order valence-corrected chi connectivity index (χ4v) is 1.47. The highest BCUT2D eigenvalue weighted by atomic mass is 79.9. The van der Waals surface area contributed by atoms with Crippen LogP contribution < -0.4 is 11.1 Å². The summed E-state index contributed by atoms with van der Waals surface area (Å²) in [4.78, 5) is 22.2. The number of nitrogens with one attached hydrogen (secondary N) is 1. The molecule has 92 valence electrons. The van der Waals surface area contributed by atoms with Crippen molar-refractivity contribution in [2.24, 2.45) is 0 Å². The Labute approximate surface area is 106 Å². The van der Waals surface area contributed by atoms with Crippen LogP contribution in [0.5, 0.6) is 0 Å². The Hall–Kier alpha value is -1.60. The Balaban J connectivity index is 2.82. The standard InChI is InChI=1S/C10H11BrN2O4/c11-6-3-5(1-2-7(6)12)9(15)13-8(4-14)10(16)17/h1-3,8,14H,4,12H2,(H,13,15)(H,16,17)/t8-/m0/s1. The van der Waals surface area contributed by atoms with Crippen LogP contribution in [0.1, 0.15) is 10.4 Å². The second-order valence-corrected chi connectivity index (χ2v) is 4.14. The lowest BCUT2D eigenvalue weighted by molar-refractivity contribution is -0.140. The molecule has 0 aliphatic carbocycles. The van der Waals surface area contributed by atoms with Crippen molar-refractivity contribution in [2.75, 3.05) is 12.3 Å². The number of amides is 1. The monoisotopic (exact) mass is 302 g/mol. The van der Waals surface area contributed by atoms with Crippen LogP contribution in [0, 0.1) is 0 Å². The quantitative estimate of drug-likeness (QED) is 0.594. The third-order valence-corrected chi connectivity index (χ3v) is 2.74. The van der Waals surface area contributed by atoms with E-state index in [0.717, 1.165) is 0 Å². The van der Waals surface area contributed by atoms with Crippen molar-refractivity contribution in [3.05, 3.63) is 28.2 Å². The first kappa shape index (κ1) is 13.5. The summed E-state index contributed by atoms with van der Waals surface area (Å²) in [6.07, 6.45) is 0. The lowest BCUT2D eigenvalue weighted by Gasteiger charge is -2.11. The molecule has 1 aromatic carbocycles. The highest BCUT2D eigenvalue weighted by molar-refractivity contribution is 9.10. The smallest absolute Gasteiger partial charge is 0.328 e. The van der Waals surface area contributed by atoms with Crippen LogP contribution in [-0.4, -0.2) is 34.7 Å². The number of rotatable bonds is 4. The molecule has 0 aliphatic heterocycles. The minimum Gasteiger partial charge on any atom is -0.480 e. The van der Waals surface area contributed by atoms with Gasteiger partial charge in [-0.15, -0.1) is 0 Å². The number of halogens is 1. The van der Waals surface area contributed by atoms with E-state index in [4.69, 9.17) is 15.9 Å². The van der Waals surface area contributed by atoms with Crippen LogP contribution in [0.25, 0.3) is 0 Å². The Morgan fingerprint density at radius 3 is 2.59 bits per heavy atom. The molecule has 6 nitrogen and oxygen atoms in total. The van der Waals surface area contributed by atoms with Crippen LogP contribution in [0.15, 0.2) is 22.7 Å². The molecule has 0 radical (unpaired) electrons. The number of carboxylic acids is 1. The Morgan fingerprint density at radius 2 is 2.12 bits per heavy atom. The van der Waals surface area contributed by atoms with Crippen molar-refractivity contribution >= 4 is 33.5 Å². The first-order valence-corrected chi connectivity index (χ1v) is 5.44. The van der Waals surface area contributed by atoms with E-state index in [9.17, 15) is 9.59 Å². The maximum absolute atomic E-state index is 11.6. The molecule has 0 saturated heterocycles. The zero-order valence-corrected chi connectivity index (χ0v) is 10.3. The SMILES string of the molecule is Nc1ccc(C(=O)N[C@@H](CO)C(=O)O)cc1Br. The number of hydrogen-bond donors (Lipinski definition) is 4. The summed E-state index contributed by atoms with van der Waals surface area (Å²) < 4.78 is 0.543. The zero-order chi connectivity index (χ0) is 13.0. The van der Waals surface area contributed by atoms with Crippen LogP contribution in [0.3, 0.4) is 0 Å². The molecule has 0 saturated carbocycles. The summed E-state index contributed by atoms with van der Waals surface area (Å²) in [5.41, 5.74) is 6.28. The van der Waals surface area contributed by atoms with Gasteiger partial charge in [0, 0.05) is 15.7 Å². The second kappa shape index (κ2) is 5.65. The van der Waals surface area contributed by atoms with Gasteiger partial charge in [-0.2, -0.15) is 0 Å². The number of carbonyl (C=O) groups excluding carboxylic acids is 1. The molecule has 0 heterocycles. The number of hydrogen-bond acceptors (Lipinski definition) is 4. The molecule has 0 spiro atoms. The van der Waals surface area contributed by atoms with Gasteiger partial charge in [0.25, 0.3) is 5.91 Å². The van der Waals surface area contributed by atoms with Crippen LogP contribution in [-0.2, 0) is 4.79 Å². The fraction of sp³-hybridized carbons (Fsp3) is 0.200. The van der Waals surface area contributed by atoms with E-state index in [0.29, 0.717) is 10.2 Å². The van der Waals surface area contributed by atoms with Crippen molar-refractivity contribution in [3.63, 3.8) is 0 Å². The Morgan fingerprint density at radius 1 is 1.47 bits per heavy atom. The molecule has 1 aromatic rings. The number of aliphatic carboxylic acids is 1. The summed E-state index contributed by atoms with van der Waals surface area (Å²) >= 11 is 3.16. The second-order valence-electron chi connectivity index (χ2n) is 3.28. The van der Waals surface area contributed by atoms with E-state index in [1.165, 1.54) is 18.2 Å². The molecule has 0 aromatic heterocycles. The molecule has 0 aliphatic rings. The van der Waals surface area contributed by atoms with Crippen LogP contribution in [0.4, 0.5) is 5.69 Å². The fourth-order valence-electron chi connectivity index (χ4n) is 1.10. The van der Waals surface area contributed by atoms with Gasteiger partial charge in [-0.25, -0.2) is 4.79 Å². The summed E-state index contributed by atoms with van der Waals surface area (Å²) in [7, 11) is 0. The van der Waals surface area contributed by atoms with Crippen LogP contribution >= 0.6 is 15.9 Å². The minimum absolute atomic E-state index is 0.255. The number of benzene rings is 1. The summed E-state index contributed by atoms with van der Waals surface area (Å²) in [5.74, 6) is -1.89. The predicted molar refractivity (Wildman–Crippen MR) is 64.5 cm³/mol. The normalized spacial score (nSPS) is 11.9. The number of nitrogen functional groups attached to an aromatic ring is 1. The minimum atomic E-state index is -1.32. The van der Waals surface area contributed by atoms with Crippen molar-refractivity contribution in [3.8, 4) is 0 Å². The highest BCUT2D eigenvalue weighted by Crippen LogP contribution is 2.20. The largest absolute Gasteiger partial charge is 0.480 e. The first-order valence-electron chi connectivity index (χ1n) is 4.65. The molecule has 1 atom stereocenters. The van der Waals surface area contributed by atoms with E-state index < -0.39 is 24.5 Å². The predicted octanol–water partition coefficient (Wildman–Crippen LogP) is 0.207. The van der Waals surface area contributed by atoms with Gasteiger partial charge in [0.15, 0.2) is 6.04 Å². The molecule has 5 N–H and O–H groups in total. The van der Waals surface area contributed by atoms with Gasteiger partial charge >= 0.3 is 5.97 Å². The number of carboxylic acid groups (broad SMARTS) is 1.